The van der Waals surface area contributed by atoms with E-state index < -0.39 is 6.10 Å². The fraction of sp³-hybridized carbons (Fsp3) is 0.235. The van der Waals surface area contributed by atoms with Crippen LogP contribution in [0, 0.1) is 0 Å². The van der Waals surface area contributed by atoms with Crippen LogP contribution < -0.4 is 14.8 Å². The molecule has 0 saturated heterocycles. The van der Waals surface area contributed by atoms with Crippen molar-refractivity contribution >= 4 is 11.6 Å². The van der Waals surface area contributed by atoms with Gasteiger partial charge >= 0.3 is 0 Å². The van der Waals surface area contributed by atoms with Crippen molar-refractivity contribution in [2.45, 2.75) is 19.4 Å². The number of anilines is 1. The molecule has 2 aromatic rings. The van der Waals surface area contributed by atoms with Crippen molar-refractivity contribution in [3.05, 3.63) is 54.1 Å². The smallest absolute Gasteiger partial charge is 0.265 e. The number of carbonyl (C=O) groups is 1. The van der Waals surface area contributed by atoms with Crippen molar-refractivity contribution in [3.63, 3.8) is 0 Å². The van der Waals surface area contributed by atoms with Crippen LogP contribution in [0.3, 0.4) is 0 Å². The lowest BCUT2D eigenvalue weighted by molar-refractivity contribution is -0.122. The summed E-state index contributed by atoms with van der Waals surface area (Å²) in [5.74, 6) is 1.46. The molecular formula is C17H17NO3. The Morgan fingerprint density at radius 3 is 2.71 bits per heavy atom. The lowest BCUT2D eigenvalue weighted by atomic mass is 10.1. The van der Waals surface area contributed by atoms with Crippen molar-refractivity contribution in [1.82, 2.24) is 0 Å². The van der Waals surface area contributed by atoms with Crippen LogP contribution >= 0.6 is 0 Å². The minimum Gasteiger partial charge on any atom is -0.494 e. The maximum atomic E-state index is 12.2. The van der Waals surface area contributed by atoms with Crippen molar-refractivity contribution in [2.75, 3.05) is 11.9 Å². The van der Waals surface area contributed by atoms with E-state index in [9.17, 15) is 4.79 Å². The van der Waals surface area contributed by atoms with E-state index in [1.54, 1.807) is 0 Å². The molecule has 21 heavy (non-hydrogen) atoms. The van der Waals surface area contributed by atoms with Gasteiger partial charge in [-0.1, -0.05) is 18.2 Å². The van der Waals surface area contributed by atoms with E-state index in [2.05, 4.69) is 5.32 Å². The third kappa shape index (κ3) is 2.99. The van der Waals surface area contributed by atoms with Gasteiger partial charge in [-0.2, -0.15) is 0 Å². The first kappa shape index (κ1) is 13.5. The zero-order valence-electron chi connectivity index (χ0n) is 11.8. The predicted octanol–water partition coefficient (Wildman–Crippen LogP) is 3.03. The number of carbonyl (C=O) groups excluding carboxylic acids is 1. The predicted molar refractivity (Wildman–Crippen MR) is 80.8 cm³/mol. The Labute approximate surface area is 123 Å². The van der Waals surface area contributed by atoms with Gasteiger partial charge in [-0.05, 0) is 42.8 Å². The SMILES string of the molecule is CCOc1ccc(NC(=O)C2Cc3ccccc3O2)cc1. The van der Waals surface area contributed by atoms with E-state index in [4.69, 9.17) is 9.47 Å². The summed E-state index contributed by atoms with van der Waals surface area (Å²) in [6.45, 7) is 2.56. The molecule has 1 N–H and O–H groups in total. The minimum atomic E-state index is -0.464. The fourth-order valence-corrected chi connectivity index (χ4v) is 2.35. The standard InChI is InChI=1S/C17H17NO3/c1-2-20-14-9-7-13(8-10-14)18-17(19)16-11-12-5-3-4-6-15(12)21-16/h3-10,16H,2,11H2,1H3,(H,18,19). The Balaban J connectivity index is 1.62. The number of fused-ring (bicyclic) bond motifs is 1. The Bertz CT molecular complexity index is 612. The van der Waals surface area contributed by atoms with Gasteiger partial charge in [0, 0.05) is 12.1 Å². The summed E-state index contributed by atoms with van der Waals surface area (Å²) in [6, 6.07) is 15.1. The van der Waals surface area contributed by atoms with Gasteiger partial charge in [0.25, 0.3) is 5.91 Å². The van der Waals surface area contributed by atoms with Crippen LogP contribution in [0.2, 0.25) is 0 Å². The third-order valence-electron chi connectivity index (χ3n) is 3.37. The highest BCUT2D eigenvalue weighted by molar-refractivity contribution is 5.95. The molecule has 3 rings (SSSR count). The van der Waals surface area contributed by atoms with Crippen LogP contribution in [0.1, 0.15) is 12.5 Å². The first-order valence-corrected chi connectivity index (χ1v) is 7.04. The molecule has 1 aliphatic heterocycles. The van der Waals surface area contributed by atoms with Crippen LogP contribution in [0.15, 0.2) is 48.5 Å². The molecule has 1 unspecified atom stereocenters. The normalized spacial score (nSPS) is 16.0. The summed E-state index contributed by atoms with van der Waals surface area (Å²) in [6.07, 6.45) is 0.146. The van der Waals surface area contributed by atoms with E-state index in [0.717, 1.165) is 22.7 Å². The number of hydrogen-bond acceptors (Lipinski definition) is 3. The molecule has 1 aliphatic rings. The molecule has 4 heteroatoms. The molecule has 108 valence electrons. The Morgan fingerprint density at radius 1 is 1.24 bits per heavy atom. The number of ether oxygens (including phenoxy) is 2. The molecule has 0 radical (unpaired) electrons. The zero-order valence-corrected chi connectivity index (χ0v) is 11.8. The average Bonchev–Trinajstić information content (AvgIpc) is 2.94. The second kappa shape index (κ2) is 5.87. The first-order chi connectivity index (χ1) is 10.3. The highest BCUT2D eigenvalue weighted by Gasteiger charge is 2.28. The van der Waals surface area contributed by atoms with Crippen molar-refractivity contribution in [1.29, 1.82) is 0 Å². The second-order valence-electron chi connectivity index (χ2n) is 4.86. The van der Waals surface area contributed by atoms with E-state index in [0.29, 0.717) is 13.0 Å². The number of rotatable bonds is 4. The molecule has 0 aromatic heterocycles. The van der Waals surface area contributed by atoms with Crippen LogP contribution in [0.4, 0.5) is 5.69 Å². The van der Waals surface area contributed by atoms with E-state index in [1.807, 2.05) is 55.5 Å². The Hall–Kier alpha value is -2.49. The van der Waals surface area contributed by atoms with Gasteiger partial charge in [-0.25, -0.2) is 0 Å². The minimum absolute atomic E-state index is 0.129. The van der Waals surface area contributed by atoms with Gasteiger partial charge in [0.05, 0.1) is 6.61 Å². The number of para-hydroxylation sites is 1. The van der Waals surface area contributed by atoms with Crippen molar-refractivity contribution in [2.24, 2.45) is 0 Å². The highest BCUT2D eigenvalue weighted by Crippen LogP contribution is 2.28. The molecule has 1 amide bonds. The second-order valence-corrected chi connectivity index (χ2v) is 4.86. The molecule has 4 nitrogen and oxygen atoms in total. The number of amides is 1. The largest absolute Gasteiger partial charge is 0.494 e. The van der Waals surface area contributed by atoms with Gasteiger partial charge in [0.2, 0.25) is 0 Å². The quantitative estimate of drug-likeness (QED) is 0.938. The van der Waals surface area contributed by atoms with Crippen LogP contribution in [-0.2, 0) is 11.2 Å². The topological polar surface area (TPSA) is 47.6 Å². The fourth-order valence-electron chi connectivity index (χ4n) is 2.35. The summed E-state index contributed by atoms with van der Waals surface area (Å²) in [7, 11) is 0. The molecule has 2 aromatic carbocycles. The molecule has 0 bridgehead atoms. The molecular weight excluding hydrogens is 266 g/mol. The molecule has 0 aliphatic carbocycles. The monoisotopic (exact) mass is 283 g/mol. The van der Waals surface area contributed by atoms with E-state index >= 15 is 0 Å². The zero-order chi connectivity index (χ0) is 14.7. The first-order valence-electron chi connectivity index (χ1n) is 7.04. The number of benzene rings is 2. The van der Waals surface area contributed by atoms with Crippen LogP contribution in [-0.4, -0.2) is 18.6 Å². The molecule has 0 spiro atoms. The summed E-state index contributed by atoms with van der Waals surface area (Å²) in [5, 5.41) is 2.87. The summed E-state index contributed by atoms with van der Waals surface area (Å²) >= 11 is 0. The van der Waals surface area contributed by atoms with Crippen LogP contribution in [0.5, 0.6) is 11.5 Å². The highest BCUT2D eigenvalue weighted by atomic mass is 16.5. The maximum Gasteiger partial charge on any atom is 0.265 e. The van der Waals surface area contributed by atoms with E-state index in [1.165, 1.54) is 0 Å². The number of hydrogen-bond donors (Lipinski definition) is 1. The van der Waals surface area contributed by atoms with Crippen molar-refractivity contribution in [3.8, 4) is 11.5 Å². The van der Waals surface area contributed by atoms with Gasteiger partial charge in [0.1, 0.15) is 11.5 Å². The van der Waals surface area contributed by atoms with Gasteiger partial charge in [-0.15, -0.1) is 0 Å². The van der Waals surface area contributed by atoms with E-state index in [-0.39, 0.29) is 5.91 Å². The summed E-state index contributed by atoms with van der Waals surface area (Å²) < 4.78 is 11.0. The molecule has 1 heterocycles. The average molecular weight is 283 g/mol. The van der Waals surface area contributed by atoms with Gasteiger partial charge in [-0.3, -0.25) is 4.79 Å². The summed E-state index contributed by atoms with van der Waals surface area (Å²) in [4.78, 5) is 12.2. The van der Waals surface area contributed by atoms with Crippen LogP contribution in [0.25, 0.3) is 0 Å². The maximum absolute atomic E-state index is 12.2. The number of nitrogens with one attached hydrogen (secondary N) is 1. The molecule has 0 fully saturated rings. The van der Waals surface area contributed by atoms with Gasteiger partial charge < -0.3 is 14.8 Å². The lowest BCUT2D eigenvalue weighted by Crippen LogP contribution is -2.31. The van der Waals surface area contributed by atoms with Gasteiger partial charge in [0.15, 0.2) is 6.10 Å². The third-order valence-corrected chi connectivity index (χ3v) is 3.37. The lowest BCUT2D eigenvalue weighted by Gasteiger charge is -2.12. The Morgan fingerprint density at radius 2 is 2.00 bits per heavy atom. The van der Waals surface area contributed by atoms with Crippen molar-refractivity contribution < 1.29 is 14.3 Å². The Kier molecular flexibility index (Phi) is 3.77. The molecule has 0 saturated carbocycles. The molecule has 1 atom stereocenters. The summed E-state index contributed by atoms with van der Waals surface area (Å²) in [5.41, 5.74) is 1.81.